The monoisotopic (exact) mass is 461 g/mol. The van der Waals surface area contributed by atoms with Gasteiger partial charge in [0.25, 0.3) is 6.43 Å². The third-order valence-corrected chi connectivity index (χ3v) is 5.71. The van der Waals surface area contributed by atoms with Crippen molar-refractivity contribution in [2.75, 3.05) is 24.8 Å². The zero-order valence-electron chi connectivity index (χ0n) is 17.8. The number of para-hydroxylation sites is 1. The van der Waals surface area contributed by atoms with Crippen LogP contribution in [0.25, 0.3) is 0 Å². The first kappa shape index (κ1) is 22.6. The quantitative estimate of drug-likeness (QED) is 0.518. The Morgan fingerprint density at radius 1 is 1.30 bits per heavy atom. The molecule has 3 heterocycles. The SMILES string of the molecule is COc1c(F)cccc1NC1CC(Nc2ccc(C(F)F)c(C#N)n2)NC2NN(C)C(=O)C12. The van der Waals surface area contributed by atoms with E-state index in [4.69, 9.17) is 10.00 Å². The molecule has 9 nitrogen and oxygen atoms in total. The molecule has 2 saturated heterocycles. The number of nitrogens with zero attached hydrogens (tertiary/aromatic N) is 3. The highest BCUT2D eigenvalue weighted by Gasteiger charge is 2.48. The molecule has 2 aliphatic heterocycles. The number of pyridine rings is 1. The summed E-state index contributed by atoms with van der Waals surface area (Å²) in [5, 5.41) is 20.1. The van der Waals surface area contributed by atoms with E-state index < -0.39 is 42.1 Å². The number of nitrogens with one attached hydrogen (secondary N) is 4. The van der Waals surface area contributed by atoms with Crippen molar-refractivity contribution >= 4 is 17.4 Å². The lowest BCUT2D eigenvalue weighted by Crippen LogP contribution is -2.60. The number of methoxy groups -OCH3 is 1. The van der Waals surface area contributed by atoms with Gasteiger partial charge in [0.05, 0.1) is 36.6 Å². The molecular formula is C21H22F3N7O2. The Bertz CT molecular complexity index is 1090. The Labute approximate surface area is 187 Å². The molecule has 0 aliphatic carbocycles. The minimum Gasteiger partial charge on any atom is -0.492 e. The van der Waals surface area contributed by atoms with Crippen molar-refractivity contribution in [1.29, 1.82) is 5.26 Å². The van der Waals surface area contributed by atoms with E-state index in [9.17, 15) is 18.0 Å². The van der Waals surface area contributed by atoms with Crippen molar-refractivity contribution in [3.05, 3.63) is 47.4 Å². The van der Waals surface area contributed by atoms with Crippen molar-refractivity contribution in [1.82, 2.24) is 20.7 Å². The lowest BCUT2D eigenvalue weighted by molar-refractivity contribution is -0.131. The predicted molar refractivity (Wildman–Crippen MR) is 113 cm³/mol. The average Bonchev–Trinajstić information content (AvgIpc) is 3.07. The Morgan fingerprint density at radius 3 is 2.79 bits per heavy atom. The van der Waals surface area contributed by atoms with Crippen molar-refractivity contribution in [2.45, 2.75) is 31.2 Å². The van der Waals surface area contributed by atoms with Gasteiger partial charge in [-0.15, -0.1) is 0 Å². The van der Waals surface area contributed by atoms with Crippen LogP contribution in [0.4, 0.5) is 24.7 Å². The van der Waals surface area contributed by atoms with Crippen LogP contribution >= 0.6 is 0 Å². The standard InChI is InChI=1S/C21H22F3N7O2/c1-31-21(32)17-13(26-12-5-3-4-11(22)18(12)33-2)8-16(29-20(17)30-31)28-15-7-6-10(19(23)24)14(9-25)27-15/h3-7,13,16-17,19-20,26,29-30H,8H2,1-2H3,(H,27,28). The van der Waals surface area contributed by atoms with E-state index in [2.05, 4.69) is 26.4 Å². The molecule has 12 heteroatoms. The molecular weight excluding hydrogens is 439 g/mol. The second-order valence-electron chi connectivity index (χ2n) is 7.75. The van der Waals surface area contributed by atoms with Gasteiger partial charge in [-0.3, -0.25) is 15.1 Å². The van der Waals surface area contributed by atoms with E-state index in [1.165, 1.54) is 30.3 Å². The molecule has 0 spiro atoms. The Hall–Kier alpha value is -3.56. The number of anilines is 2. The van der Waals surface area contributed by atoms with Gasteiger partial charge in [-0.2, -0.15) is 5.26 Å². The number of alkyl halides is 2. The van der Waals surface area contributed by atoms with Crippen molar-refractivity contribution in [2.24, 2.45) is 5.92 Å². The number of hydrazine groups is 1. The first-order valence-corrected chi connectivity index (χ1v) is 10.2. The summed E-state index contributed by atoms with van der Waals surface area (Å²) in [5.74, 6) is -0.934. The molecule has 4 N–H and O–H groups in total. The summed E-state index contributed by atoms with van der Waals surface area (Å²) in [6.45, 7) is 0. The minimum atomic E-state index is -2.81. The molecule has 0 saturated carbocycles. The van der Waals surface area contributed by atoms with Gasteiger partial charge in [0, 0.05) is 19.5 Å². The molecule has 1 aromatic heterocycles. The lowest BCUT2D eigenvalue weighted by atomic mass is 9.88. The van der Waals surface area contributed by atoms with Gasteiger partial charge >= 0.3 is 0 Å². The van der Waals surface area contributed by atoms with Crippen LogP contribution in [-0.4, -0.2) is 48.4 Å². The topological polar surface area (TPSA) is 114 Å². The van der Waals surface area contributed by atoms with E-state index in [1.54, 1.807) is 19.2 Å². The van der Waals surface area contributed by atoms with Gasteiger partial charge in [-0.25, -0.2) is 23.6 Å². The van der Waals surface area contributed by atoms with Gasteiger partial charge in [-0.1, -0.05) is 6.07 Å². The van der Waals surface area contributed by atoms with E-state index in [-0.39, 0.29) is 23.2 Å². The lowest BCUT2D eigenvalue weighted by Gasteiger charge is -2.39. The molecule has 33 heavy (non-hydrogen) atoms. The van der Waals surface area contributed by atoms with Crippen molar-refractivity contribution in [3.63, 3.8) is 0 Å². The summed E-state index contributed by atoms with van der Waals surface area (Å²) in [4.78, 5) is 16.7. The molecule has 0 radical (unpaired) electrons. The fourth-order valence-corrected chi connectivity index (χ4v) is 4.22. The molecule has 2 fully saturated rings. The number of benzene rings is 1. The largest absolute Gasteiger partial charge is 0.492 e. The Kier molecular flexibility index (Phi) is 6.26. The van der Waals surface area contributed by atoms with E-state index in [0.717, 1.165) is 6.07 Å². The van der Waals surface area contributed by atoms with Crippen LogP contribution in [0.15, 0.2) is 30.3 Å². The van der Waals surface area contributed by atoms with Crippen LogP contribution in [0.2, 0.25) is 0 Å². The number of amides is 1. The molecule has 2 aromatic rings. The number of halogens is 3. The second kappa shape index (κ2) is 9.13. The summed E-state index contributed by atoms with van der Waals surface area (Å²) in [5.41, 5.74) is 2.63. The third kappa shape index (κ3) is 4.37. The highest BCUT2D eigenvalue weighted by Crippen LogP contribution is 2.33. The zero-order chi connectivity index (χ0) is 23.7. The summed E-state index contributed by atoms with van der Waals surface area (Å²) in [6.07, 6.45) is -3.37. The first-order valence-electron chi connectivity index (χ1n) is 10.2. The maximum atomic E-state index is 14.2. The van der Waals surface area contributed by atoms with Gasteiger partial charge in [0.2, 0.25) is 5.91 Å². The number of hydrogen-bond donors (Lipinski definition) is 4. The Morgan fingerprint density at radius 2 is 2.09 bits per heavy atom. The molecule has 174 valence electrons. The number of carbonyl (C=O) groups excluding carboxylic acids is 1. The Balaban J connectivity index is 1.59. The average molecular weight is 461 g/mol. The molecule has 2 aliphatic rings. The maximum absolute atomic E-state index is 14.2. The molecule has 1 amide bonds. The van der Waals surface area contributed by atoms with Crippen molar-refractivity contribution < 1.29 is 22.7 Å². The maximum Gasteiger partial charge on any atom is 0.266 e. The van der Waals surface area contributed by atoms with E-state index >= 15 is 0 Å². The second-order valence-corrected chi connectivity index (χ2v) is 7.75. The fourth-order valence-electron chi connectivity index (χ4n) is 4.22. The first-order chi connectivity index (χ1) is 15.8. The number of carbonyl (C=O) groups is 1. The number of hydrogen-bond acceptors (Lipinski definition) is 8. The molecule has 0 bridgehead atoms. The number of nitriles is 1. The summed E-state index contributed by atoms with van der Waals surface area (Å²) in [6, 6.07) is 8.23. The normalized spacial score (nSPS) is 24.4. The highest BCUT2D eigenvalue weighted by atomic mass is 19.3. The van der Waals surface area contributed by atoms with Crippen LogP contribution in [0.3, 0.4) is 0 Å². The molecule has 4 unspecified atom stereocenters. The fraction of sp³-hybridized carbons (Fsp3) is 0.381. The third-order valence-electron chi connectivity index (χ3n) is 5.71. The summed E-state index contributed by atoms with van der Waals surface area (Å²) in [7, 11) is 2.96. The highest BCUT2D eigenvalue weighted by molar-refractivity contribution is 5.82. The predicted octanol–water partition coefficient (Wildman–Crippen LogP) is 2.17. The molecule has 4 rings (SSSR count). The zero-order valence-corrected chi connectivity index (χ0v) is 17.8. The van der Waals surface area contributed by atoms with Crippen LogP contribution < -0.4 is 26.1 Å². The van der Waals surface area contributed by atoms with Crippen LogP contribution in [0.5, 0.6) is 5.75 Å². The number of ether oxygens (including phenoxy) is 1. The minimum absolute atomic E-state index is 0.0340. The van der Waals surface area contributed by atoms with Gasteiger partial charge in [0.1, 0.15) is 11.9 Å². The number of rotatable bonds is 6. The van der Waals surface area contributed by atoms with Gasteiger partial charge < -0.3 is 15.4 Å². The van der Waals surface area contributed by atoms with Gasteiger partial charge in [0.15, 0.2) is 17.3 Å². The van der Waals surface area contributed by atoms with Crippen molar-refractivity contribution in [3.8, 4) is 11.8 Å². The van der Waals surface area contributed by atoms with E-state index in [1.807, 2.05) is 0 Å². The number of piperidine rings is 1. The number of aromatic nitrogens is 1. The van der Waals surface area contributed by atoms with Gasteiger partial charge in [-0.05, 0) is 24.3 Å². The van der Waals surface area contributed by atoms with Crippen LogP contribution in [0.1, 0.15) is 24.1 Å². The van der Waals surface area contributed by atoms with E-state index in [0.29, 0.717) is 12.1 Å². The molecule has 1 aromatic carbocycles. The number of fused-ring (bicyclic) bond motifs is 1. The smallest absolute Gasteiger partial charge is 0.266 e. The van der Waals surface area contributed by atoms with Crippen LogP contribution in [0, 0.1) is 23.1 Å². The van der Waals surface area contributed by atoms with Crippen LogP contribution in [-0.2, 0) is 4.79 Å². The molecule has 4 atom stereocenters. The summed E-state index contributed by atoms with van der Waals surface area (Å²) >= 11 is 0. The summed E-state index contributed by atoms with van der Waals surface area (Å²) < 4.78 is 45.5.